The molecule has 1 heterocycles. The fourth-order valence-electron chi connectivity index (χ4n) is 3.87. The number of hydrogen-bond donors (Lipinski definition) is 1. The van der Waals surface area contributed by atoms with Crippen LogP contribution in [0.25, 0.3) is 0 Å². The Bertz CT molecular complexity index is 437. The van der Waals surface area contributed by atoms with Gasteiger partial charge in [-0.1, -0.05) is 45.3 Å². The van der Waals surface area contributed by atoms with E-state index in [2.05, 4.69) is 0 Å². The van der Waals surface area contributed by atoms with Crippen molar-refractivity contribution in [3.8, 4) is 0 Å². The Kier molecular flexibility index (Phi) is 4.19. The van der Waals surface area contributed by atoms with Gasteiger partial charge in [0, 0.05) is 6.42 Å². The summed E-state index contributed by atoms with van der Waals surface area (Å²) in [5.74, 6) is -0.118. The van der Waals surface area contributed by atoms with E-state index in [-0.39, 0.29) is 16.8 Å². The molecule has 2 aliphatic rings. The Labute approximate surface area is 126 Å². The number of nitrogens with zero attached hydrogens (tertiary/aromatic N) is 1. The Morgan fingerprint density at radius 2 is 1.80 bits per heavy atom. The minimum atomic E-state index is -0.773. The van der Waals surface area contributed by atoms with Crippen LogP contribution in [0.1, 0.15) is 65.2 Å². The average Bonchev–Trinajstić information content (AvgIpc) is 2.66. The number of nitrogens with two attached hydrogens (primary N) is 1. The Morgan fingerprint density at radius 1 is 1.25 bits per heavy atom. The molecule has 4 nitrogen and oxygen atoms in total. The molecule has 0 atom stereocenters. The van der Waals surface area contributed by atoms with Gasteiger partial charge in [-0.05, 0) is 25.7 Å². The van der Waals surface area contributed by atoms with Crippen molar-refractivity contribution in [1.29, 1.82) is 0 Å². The number of rotatable bonds is 4. The van der Waals surface area contributed by atoms with E-state index >= 15 is 0 Å². The van der Waals surface area contributed by atoms with Gasteiger partial charge in [-0.25, -0.2) is 0 Å². The predicted octanol–water partition coefficient (Wildman–Crippen LogP) is 2.54. The summed E-state index contributed by atoms with van der Waals surface area (Å²) < 4.78 is 0. The van der Waals surface area contributed by atoms with Gasteiger partial charge in [0.15, 0.2) is 0 Å². The summed E-state index contributed by atoms with van der Waals surface area (Å²) in [5, 5.41) is 0. The highest BCUT2D eigenvalue weighted by molar-refractivity contribution is 7.80. The lowest BCUT2D eigenvalue weighted by atomic mass is 9.73. The molecule has 0 aromatic heterocycles. The summed E-state index contributed by atoms with van der Waals surface area (Å²) in [6, 6.07) is 0. The Morgan fingerprint density at radius 3 is 2.25 bits per heavy atom. The first kappa shape index (κ1) is 15.4. The fraction of sp³-hybridized carbons (Fsp3) is 0.800. The molecule has 0 bridgehead atoms. The largest absolute Gasteiger partial charge is 0.391 e. The number of thiocarbonyl (C=S) groups is 1. The zero-order valence-electron chi connectivity index (χ0n) is 12.4. The molecule has 1 saturated carbocycles. The maximum absolute atomic E-state index is 13.0. The lowest BCUT2D eigenvalue weighted by molar-refractivity contribution is -0.147. The molecule has 0 radical (unpaired) electrons. The monoisotopic (exact) mass is 296 g/mol. The average molecular weight is 296 g/mol. The van der Waals surface area contributed by atoms with E-state index in [0.29, 0.717) is 19.3 Å². The molecule has 2 N–H and O–H groups in total. The highest BCUT2D eigenvalue weighted by Gasteiger charge is 2.57. The highest BCUT2D eigenvalue weighted by Crippen LogP contribution is 2.48. The molecule has 20 heavy (non-hydrogen) atoms. The number of likely N-dealkylation sites (tertiary alicyclic amines) is 1. The molecule has 0 unspecified atom stereocenters. The van der Waals surface area contributed by atoms with Gasteiger partial charge in [0.05, 0.1) is 15.9 Å². The summed E-state index contributed by atoms with van der Waals surface area (Å²) in [4.78, 5) is 27.1. The van der Waals surface area contributed by atoms with Gasteiger partial charge in [0.2, 0.25) is 11.8 Å². The molecule has 5 heteroatoms. The molecular formula is C15H24N2O2S. The normalized spacial score (nSPS) is 22.6. The van der Waals surface area contributed by atoms with Crippen molar-refractivity contribution in [2.75, 3.05) is 0 Å². The van der Waals surface area contributed by atoms with E-state index in [1.807, 2.05) is 13.8 Å². The van der Waals surface area contributed by atoms with Crippen LogP contribution >= 0.6 is 12.2 Å². The van der Waals surface area contributed by atoms with E-state index in [1.165, 1.54) is 4.90 Å². The van der Waals surface area contributed by atoms with Crippen molar-refractivity contribution in [3.05, 3.63) is 0 Å². The van der Waals surface area contributed by atoms with Gasteiger partial charge < -0.3 is 5.73 Å². The molecule has 2 rings (SSSR count). The minimum absolute atomic E-state index is 0.0290. The molecule has 0 aromatic rings. The van der Waals surface area contributed by atoms with Crippen molar-refractivity contribution < 1.29 is 9.59 Å². The van der Waals surface area contributed by atoms with Crippen LogP contribution < -0.4 is 5.73 Å². The van der Waals surface area contributed by atoms with Crippen molar-refractivity contribution in [2.45, 2.75) is 70.8 Å². The summed E-state index contributed by atoms with van der Waals surface area (Å²) in [6.07, 6.45) is 6.40. The topological polar surface area (TPSA) is 63.4 Å². The van der Waals surface area contributed by atoms with Gasteiger partial charge >= 0.3 is 0 Å². The summed E-state index contributed by atoms with van der Waals surface area (Å²) in [6.45, 7) is 3.88. The smallest absolute Gasteiger partial charge is 0.236 e. The second kappa shape index (κ2) is 5.43. The van der Waals surface area contributed by atoms with Crippen molar-refractivity contribution in [1.82, 2.24) is 4.90 Å². The van der Waals surface area contributed by atoms with E-state index in [0.717, 1.165) is 32.1 Å². The molecule has 1 saturated heterocycles. The first-order chi connectivity index (χ1) is 9.43. The quantitative estimate of drug-likeness (QED) is 0.639. The maximum Gasteiger partial charge on any atom is 0.236 e. The molecule has 1 spiro atoms. The summed E-state index contributed by atoms with van der Waals surface area (Å²) in [7, 11) is 0. The number of imide groups is 1. The SMILES string of the molecule is CCC(CC)(C(N)=S)N1C(=O)CC2(CCCCC2)C1=O. The molecular weight excluding hydrogens is 272 g/mol. The van der Waals surface area contributed by atoms with Gasteiger partial charge in [0.1, 0.15) is 0 Å². The zero-order valence-corrected chi connectivity index (χ0v) is 13.2. The van der Waals surface area contributed by atoms with Crippen molar-refractivity contribution >= 4 is 29.0 Å². The van der Waals surface area contributed by atoms with Gasteiger partial charge in [-0.3, -0.25) is 14.5 Å². The minimum Gasteiger partial charge on any atom is -0.391 e. The highest BCUT2D eigenvalue weighted by atomic mass is 32.1. The van der Waals surface area contributed by atoms with Gasteiger partial charge in [-0.2, -0.15) is 0 Å². The number of hydrogen-bond acceptors (Lipinski definition) is 3. The number of carbonyl (C=O) groups excluding carboxylic acids is 2. The standard InChI is InChI=1S/C15H24N2O2S/c1-3-15(4-2,12(16)20)17-11(18)10-14(13(17)19)8-6-5-7-9-14/h3-10H2,1-2H3,(H2,16,20). The lowest BCUT2D eigenvalue weighted by Crippen LogP contribution is -2.59. The van der Waals surface area contributed by atoms with E-state index < -0.39 is 11.0 Å². The van der Waals surface area contributed by atoms with Gasteiger partial charge in [-0.15, -0.1) is 0 Å². The van der Waals surface area contributed by atoms with Crippen molar-refractivity contribution in [3.63, 3.8) is 0 Å². The first-order valence-electron chi connectivity index (χ1n) is 7.61. The molecule has 0 aromatic carbocycles. The van der Waals surface area contributed by atoms with Crippen LogP contribution in [0.3, 0.4) is 0 Å². The van der Waals surface area contributed by atoms with Crippen LogP contribution in [0.15, 0.2) is 0 Å². The molecule has 1 aliphatic carbocycles. The van der Waals surface area contributed by atoms with Crippen LogP contribution in [-0.4, -0.2) is 27.2 Å². The third-order valence-electron chi connectivity index (χ3n) is 5.26. The van der Waals surface area contributed by atoms with E-state index in [1.54, 1.807) is 0 Å². The maximum atomic E-state index is 13.0. The lowest BCUT2D eigenvalue weighted by Gasteiger charge is -2.40. The first-order valence-corrected chi connectivity index (χ1v) is 8.02. The molecule has 2 fully saturated rings. The van der Waals surface area contributed by atoms with Crippen molar-refractivity contribution in [2.24, 2.45) is 11.1 Å². The second-order valence-corrected chi connectivity index (χ2v) is 6.59. The van der Waals surface area contributed by atoms with Crippen LogP contribution in [0.4, 0.5) is 0 Å². The van der Waals surface area contributed by atoms with Crippen LogP contribution in [0.2, 0.25) is 0 Å². The van der Waals surface area contributed by atoms with Crippen LogP contribution in [0.5, 0.6) is 0 Å². The fourth-order valence-corrected chi connectivity index (χ4v) is 4.25. The van der Waals surface area contributed by atoms with Gasteiger partial charge in [0.25, 0.3) is 0 Å². The van der Waals surface area contributed by atoms with E-state index in [9.17, 15) is 9.59 Å². The Hall–Kier alpha value is -0.970. The number of amides is 2. The molecule has 1 aliphatic heterocycles. The van der Waals surface area contributed by atoms with Crippen LogP contribution in [0, 0.1) is 5.41 Å². The predicted molar refractivity (Wildman–Crippen MR) is 82.1 cm³/mol. The zero-order chi connectivity index (χ0) is 15.0. The summed E-state index contributed by atoms with van der Waals surface area (Å²) >= 11 is 5.19. The Balaban J connectivity index is 2.39. The molecule has 2 amide bonds. The summed E-state index contributed by atoms with van der Waals surface area (Å²) in [5.41, 5.74) is 4.66. The molecule has 112 valence electrons. The third kappa shape index (κ3) is 2.07. The van der Waals surface area contributed by atoms with E-state index in [4.69, 9.17) is 18.0 Å². The van der Waals surface area contributed by atoms with Crippen LogP contribution in [-0.2, 0) is 9.59 Å². The second-order valence-electron chi connectivity index (χ2n) is 6.16. The number of carbonyl (C=O) groups is 2. The third-order valence-corrected chi connectivity index (χ3v) is 5.64.